The summed E-state index contributed by atoms with van der Waals surface area (Å²) in [5.41, 5.74) is 1.23. The SMILES string of the molecule is CC1(C)CCCC2(CC1)C[C@@H](O)c1ccccc1O2. The Hall–Kier alpha value is -1.02. The Morgan fingerprint density at radius 1 is 1.11 bits per heavy atom. The summed E-state index contributed by atoms with van der Waals surface area (Å²) in [6.07, 6.45) is 6.15. The molecule has 2 nitrogen and oxygen atoms in total. The molecule has 1 heterocycles. The summed E-state index contributed by atoms with van der Waals surface area (Å²) in [6, 6.07) is 7.94. The van der Waals surface area contributed by atoms with Crippen LogP contribution in [0.15, 0.2) is 24.3 Å². The molecule has 2 heteroatoms. The van der Waals surface area contributed by atoms with Gasteiger partial charge >= 0.3 is 0 Å². The highest BCUT2D eigenvalue weighted by molar-refractivity contribution is 5.38. The minimum absolute atomic E-state index is 0.137. The first-order chi connectivity index (χ1) is 9.00. The van der Waals surface area contributed by atoms with E-state index in [4.69, 9.17) is 4.74 Å². The Morgan fingerprint density at radius 3 is 2.74 bits per heavy atom. The molecule has 1 fully saturated rings. The van der Waals surface area contributed by atoms with Gasteiger partial charge in [0.05, 0.1) is 6.10 Å². The molecule has 104 valence electrons. The summed E-state index contributed by atoms with van der Waals surface area (Å²) in [5, 5.41) is 10.4. The molecule has 1 aromatic carbocycles. The van der Waals surface area contributed by atoms with Crippen LogP contribution in [0.1, 0.15) is 64.0 Å². The second-order valence-electron chi connectivity index (χ2n) is 7.06. The molecule has 1 spiro atoms. The molecule has 0 aromatic heterocycles. The van der Waals surface area contributed by atoms with Gasteiger partial charge in [-0.05, 0) is 43.6 Å². The van der Waals surface area contributed by atoms with E-state index in [9.17, 15) is 5.11 Å². The quantitative estimate of drug-likeness (QED) is 0.756. The fourth-order valence-electron chi connectivity index (χ4n) is 3.60. The Labute approximate surface area is 115 Å². The Balaban J connectivity index is 1.87. The number of fused-ring (bicyclic) bond motifs is 1. The van der Waals surface area contributed by atoms with Crippen molar-refractivity contribution in [3.8, 4) is 5.75 Å². The maximum absolute atomic E-state index is 10.4. The lowest BCUT2D eigenvalue weighted by atomic mass is 9.81. The van der Waals surface area contributed by atoms with Crippen molar-refractivity contribution in [2.75, 3.05) is 0 Å². The summed E-state index contributed by atoms with van der Waals surface area (Å²) in [5.74, 6) is 0.890. The van der Waals surface area contributed by atoms with Crippen molar-refractivity contribution in [3.05, 3.63) is 29.8 Å². The standard InChI is InChI=1S/C17H24O2/c1-16(2)8-5-9-17(11-10-16)12-14(18)13-6-3-4-7-15(13)19-17/h3-4,6-7,14,18H,5,8-12H2,1-2H3/t14-,17?/m1/s1. The number of aliphatic hydroxyl groups excluding tert-OH is 1. The van der Waals surface area contributed by atoms with Crippen LogP contribution in [-0.4, -0.2) is 10.7 Å². The van der Waals surface area contributed by atoms with E-state index in [1.807, 2.05) is 24.3 Å². The summed E-state index contributed by atoms with van der Waals surface area (Å²) in [7, 11) is 0. The van der Waals surface area contributed by atoms with Gasteiger partial charge in [-0.25, -0.2) is 0 Å². The smallest absolute Gasteiger partial charge is 0.125 e. The van der Waals surface area contributed by atoms with Gasteiger partial charge in [0, 0.05) is 12.0 Å². The second kappa shape index (κ2) is 4.52. The van der Waals surface area contributed by atoms with Crippen molar-refractivity contribution in [2.24, 2.45) is 5.41 Å². The number of hydrogen-bond donors (Lipinski definition) is 1. The molecule has 19 heavy (non-hydrogen) atoms. The van der Waals surface area contributed by atoms with Gasteiger partial charge in [-0.3, -0.25) is 0 Å². The highest BCUT2D eigenvalue weighted by Gasteiger charge is 2.42. The van der Waals surface area contributed by atoms with Gasteiger partial charge in [0.15, 0.2) is 0 Å². The van der Waals surface area contributed by atoms with E-state index in [-0.39, 0.29) is 11.7 Å². The van der Waals surface area contributed by atoms with Gasteiger partial charge < -0.3 is 9.84 Å². The van der Waals surface area contributed by atoms with Crippen LogP contribution in [0.3, 0.4) is 0 Å². The van der Waals surface area contributed by atoms with Crippen LogP contribution in [0, 0.1) is 5.41 Å². The van der Waals surface area contributed by atoms with Crippen molar-refractivity contribution in [1.82, 2.24) is 0 Å². The van der Waals surface area contributed by atoms with E-state index in [1.54, 1.807) is 0 Å². The molecule has 1 aliphatic carbocycles. The van der Waals surface area contributed by atoms with Crippen LogP contribution in [0.25, 0.3) is 0 Å². The lowest BCUT2D eigenvalue weighted by Gasteiger charge is -2.40. The van der Waals surface area contributed by atoms with Gasteiger partial charge in [-0.15, -0.1) is 0 Å². The van der Waals surface area contributed by atoms with Gasteiger partial charge in [0.25, 0.3) is 0 Å². The van der Waals surface area contributed by atoms with Gasteiger partial charge in [0.2, 0.25) is 0 Å². The van der Waals surface area contributed by atoms with E-state index in [0.717, 1.165) is 30.6 Å². The number of para-hydroxylation sites is 1. The monoisotopic (exact) mass is 260 g/mol. The maximum atomic E-state index is 10.4. The van der Waals surface area contributed by atoms with Gasteiger partial charge in [-0.1, -0.05) is 32.0 Å². The van der Waals surface area contributed by atoms with Gasteiger partial charge in [-0.2, -0.15) is 0 Å². The first-order valence-electron chi connectivity index (χ1n) is 7.46. The second-order valence-corrected chi connectivity index (χ2v) is 7.06. The van der Waals surface area contributed by atoms with Crippen LogP contribution in [-0.2, 0) is 0 Å². The normalized spacial score (nSPS) is 33.3. The molecule has 3 rings (SSSR count). The number of rotatable bonds is 0. The van der Waals surface area contributed by atoms with Crippen LogP contribution in [0.5, 0.6) is 5.75 Å². The van der Waals surface area contributed by atoms with Crippen molar-refractivity contribution in [2.45, 2.75) is 64.1 Å². The summed E-state index contributed by atoms with van der Waals surface area (Å²) >= 11 is 0. The number of aliphatic hydroxyl groups is 1. The molecule has 0 saturated heterocycles. The predicted molar refractivity (Wildman–Crippen MR) is 76.2 cm³/mol. The number of hydrogen-bond acceptors (Lipinski definition) is 2. The highest BCUT2D eigenvalue weighted by Crippen LogP contribution is 2.48. The summed E-state index contributed by atoms with van der Waals surface area (Å²) in [4.78, 5) is 0. The third kappa shape index (κ3) is 2.51. The minimum Gasteiger partial charge on any atom is -0.487 e. The van der Waals surface area contributed by atoms with E-state index in [0.29, 0.717) is 5.41 Å². The van der Waals surface area contributed by atoms with Crippen LogP contribution < -0.4 is 4.74 Å². The van der Waals surface area contributed by atoms with Crippen molar-refractivity contribution < 1.29 is 9.84 Å². The van der Waals surface area contributed by atoms with Crippen LogP contribution >= 0.6 is 0 Å². The largest absolute Gasteiger partial charge is 0.487 e. The molecule has 0 bridgehead atoms. The average Bonchev–Trinajstić information content (AvgIpc) is 2.49. The minimum atomic E-state index is -0.369. The molecule has 1 aromatic rings. The zero-order valence-electron chi connectivity index (χ0n) is 12.0. The lowest BCUT2D eigenvalue weighted by molar-refractivity contribution is -0.0260. The summed E-state index contributed by atoms with van der Waals surface area (Å²) in [6.45, 7) is 4.69. The van der Waals surface area contributed by atoms with Crippen molar-refractivity contribution in [1.29, 1.82) is 0 Å². The fourth-order valence-corrected chi connectivity index (χ4v) is 3.60. The molecule has 2 atom stereocenters. The zero-order valence-corrected chi connectivity index (χ0v) is 12.0. The molecule has 1 unspecified atom stereocenters. The molecule has 0 radical (unpaired) electrons. The molecular weight excluding hydrogens is 236 g/mol. The highest BCUT2D eigenvalue weighted by atomic mass is 16.5. The number of ether oxygens (including phenoxy) is 1. The lowest BCUT2D eigenvalue weighted by Crippen LogP contribution is -2.40. The van der Waals surface area contributed by atoms with Crippen LogP contribution in [0.4, 0.5) is 0 Å². The first-order valence-corrected chi connectivity index (χ1v) is 7.46. The molecular formula is C17H24O2. The van der Waals surface area contributed by atoms with E-state index in [1.165, 1.54) is 19.3 Å². The molecule has 1 N–H and O–H groups in total. The molecule has 1 aliphatic heterocycles. The van der Waals surface area contributed by atoms with Gasteiger partial charge in [0.1, 0.15) is 11.4 Å². The molecule has 1 saturated carbocycles. The molecule has 2 aliphatic rings. The predicted octanol–water partition coefficient (Wildman–Crippen LogP) is 4.23. The average molecular weight is 260 g/mol. The Morgan fingerprint density at radius 2 is 1.89 bits per heavy atom. The van der Waals surface area contributed by atoms with Crippen LogP contribution in [0.2, 0.25) is 0 Å². The third-order valence-corrected chi connectivity index (χ3v) is 4.91. The summed E-state index contributed by atoms with van der Waals surface area (Å²) < 4.78 is 6.34. The third-order valence-electron chi connectivity index (χ3n) is 4.91. The first kappa shape index (κ1) is 13.0. The topological polar surface area (TPSA) is 29.5 Å². The maximum Gasteiger partial charge on any atom is 0.125 e. The Kier molecular flexibility index (Phi) is 3.09. The fraction of sp³-hybridized carbons (Fsp3) is 0.647. The van der Waals surface area contributed by atoms with E-state index in [2.05, 4.69) is 13.8 Å². The Bertz CT molecular complexity index is 466. The number of benzene rings is 1. The van der Waals surface area contributed by atoms with E-state index >= 15 is 0 Å². The zero-order chi connectivity index (χ0) is 13.5. The van der Waals surface area contributed by atoms with E-state index < -0.39 is 0 Å². The molecule has 0 amide bonds. The van der Waals surface area contributed by atoms with Crippen molar-refractivity contribution in [3.63, 3.8) is 0 Å². The van der Waals surface area contributed by atoms with Crippen molar-refractivity contribution >= 4 is 0 Å².